The highest BCUT2D eigenvalue weighted by Crippen LogP contribution is 2.35. The van der Waals surface area contributed by atoms with Crippen molar-refractivity contribution in [3.63, 3.8) is 0 Å². The minimum Gasteiger partial charge on any atom is -0.376 e. The van der Waals surface area contributed by atoms with Gasteiger partial charge < -0.3 is 9.88 Å². The number of rotatable bonds is 6. The Bertz CT molecular complexity index is 1910. The third-order valence-electron chi connectivity index (χ3n) is 7.69. The summed E-state index contributed by atoms with van der Waals surface area (Å²) in [6, 6.07) is 35.4. The van der Waals surface area contributed by atoms with Crippen LogP contribution < -0.4 is 4.67 Å². The summed E-state index contributed by atoms with van der Waals surface area (Å²) in [7, 11) is 2.11. The Kier molecular flexibility index (Phi) is 6.41. The molecular weight excluding hydrogens is 498 g/mol. The van der Waals surface area contributed by atoms with Crippen molar-refractivity contribution in [1.29, 1.82) is 0 Å². The lowest BCUT2D eigenvalue weighted by atomic mass is 9.90. The molecule has 1 aromatic heterocycles. The van der Waals surface area contributed by atoms with Crippen LogP contribution in [0.2, 0.25) is 0 Å². The Morgan fingerprint density at radius 1 is 0.610 bits per heavy atom. The highest BCUT2D eigenvalue weighted by atomic mass is 15.1. The van der Waals surface area contributed by atoms with Crippen LogP contribution in [0.4, 0.5) is 0 Å². The third kappa shape index (κ3) is 5.15. The van der Waals surface area contributed by atoms with Crippen molar-refractivity contribution in [2.45, 2.75) is 0 Å². The fraction of sp³-hybridized carbons (Fsp3) is 0.0526. The molecule has 0 atom stereocenters. The maximum Gasteiger partial charge on any atom is 0.334 e. The topological polar surface area (TPSA) is 33.1 Å². The van der Waals surface area contributed by atoms with E-state index in [1.807, 2.05) is 24.7 Å². The summed E-state index contributed by atoms with van der Waals surface area (Å²) in [4.78, 5) is 5.40. The van der Waals surface area contributed by atoms with Crippen molar-refractivity contribution in [3.05, 3.63) is 151 Å². The summed E-state index contributed by atoms with van der Waals surface area (Å²) in [5, 5.41) is 0. The number of nitrogens with zero attached hydrogens (tertiary/aromatic N) is 2. The molecule has 0 aliphatic carbocycles. The smallest absolute Gasteiger partial charge is 0.334 e. The number of nitrogens with one attached hydrogen (secondary N) is 1. The van der Waals surface area contributed by atoms with Gasteiger partial charge in [0.05, 0.1) is 5.56 Å². The number of aromatic amines is 1. The van der Waals surface area contributed by atoms with Crippen LogP contribution in [0.1, 0.15) is 11.1 Å². The fourth-order valence-corrected chi connectivity index (χ4v) is 5.57. The molecule has 0 bridgehead atoms. The first-order valence-corrected chi connectivity index (χ1v) is 14.0. The summed E-state index contributed by atoms with van der Waals surface area (Å²) in [5.74, 6) is 0. The number of hydrogen-bond donors (Lipinski definition) is 1. The van der Waals surface area contributed by atoms with E-state index in [-0.39, 0.29) is 0 Å². The molecule has 196 valence electrons. The van der Waals surface area contributed by atoms with Gasteiger partial charge in [0.2, 0.25) is 0 Å². The van der Waals surface area contributed by atoms with Crippen LogP contribution in [0, 0.1) is 0 Å². The number of aromatic nitrogens is 1. The van der Waals surface area contributed by atoms with Gasteiger partial charge in [-0.3, -0.25) is 0 Å². The zero-order valence-electron chi connectivity index (χ0n) is 23.0. The average Bonchev–Trinajstić information content (AvgIpc) is 3.77. The largest absolute Gasteiger partial charge is 0.376 e. The van der Waals surface area contributed by atoms with Crippen molar-refractivity contribution in [3.8, 4) is 44.5 Å². The molecule has 0 saturated heterocycles. The molecular formula is C38H30N3+. The van der Waals surface area contributed by atoms with Crippen molar-refractivity contribution < 1.29 is 0 Å². The maximum absolute atomic E-state index is 4.53. The van der Waals surface area contributed by atoms with E-state index in [0.717, 1.165) is 17.8 Å². The van der Waals surface area contributed by atoms with E-state index in [2.05, 4.69) is 143 Å². The molecule has 5 aromatic rings. The van der Waals surface area contributed by atoms with E-state index in [1.165, 1.54) is 55.6 Å². The Labute approximate surface area is 240 Å². The Morgan fingerprint density at radius 2 is 1.17 bits per heavy atom. The van der Waals surface area contributed by atoms with Gasteiger partial charge in [0.1, 0.15) is 0 Å². The summed E-state index contributed by atoms with van der Waals surface area (Å²) < 4.78 is 4.53. The quantitative estimate of drug-likeness (QED) is 0.222. The van der Waals surface area contributed by atoms with Gasteiger partial charge in [-0.2, -0.15) is 0 Å². The van der Waals surface area contributed by atoms with Crippen molar-refractivity contribution in [2.75, 3.05) is 13.6 Å². The molecule has 0 spiro atoms. The second-order valence-electron chi connectivity index (χ2n) is 10.6. The van der Waals surface area contributed by atoms with E-state index < -0.39 is 0 Å². The highest BCUT2D eigenvalue weighted by Gasteiger charge is 2.15. The van der Waals surface area contributed by atoms with Gasteiger partial charge in [0.15, 0.2) is 0 Å². The fourth-order valence-electron chi connectivity index (χ4n) is 5.57. The van der Waals surface area contributed by atoms with Crippen LogP contribution in [0.25, 0.3) is 50.1 Å². The molecule has 3 nitrogen and oxygen atoms in total. The predicted octanol–water partition coefficient (Wildman–Crippen LogP) is 8.02. The minimum atomic E-state index is 0.940. The molecule has 0 saturated carbocycles. The Morgan fingerprint density at radius 3 is 1.76 bits per heavy atom. The van der Waals surface area contributed by atoms with Crippen molar-refractivity contribution >= 4 is 17.5 Å². The number of likely N-dealkylation sites (N-methyl/N-ethyl adjacent to an activating group) is 1. The van der Waals surface area contributed by atoms with Gasteiger partial charge >= 0.3 is 5.71 Å². The standard InChI is InChI=1S/C38H30N3/c1-41-18-6-13-34(26-41)28-8-3-10-30(20-28)36-22-35(29-9-2-7-27(19-29)33-15-17-39-25-33)23-37(24-36)31-11-4-12-32(21-31)38-14-5-16-40-38/h2-17,19-26,39H,18H2,1H3/q+1. The van der Waals surface area contributed by atoms with Crippen LogP contribution >= 0.6 is 0 Å². The van der Waals surface area contributed by atoms with Gasteiger partial charge in [0, 0.05) is 44.3 Å². The van der Waals surface area contributed by atoms with E-state index in [0.29, 0.717) is 0 Å². The highest BCUT2D eigenvalue weighted by molar-refractivity contribution is 6.13. The molecule has 0 unspecified atom stereocenters. The average molecular weight is 529 g/mol. The zero-order chi connectivity index (χ0) is 27.6. The van der Waals surface area contributed by atoms with Gasteiger partial charge in [-0.05, 0) is 104 Å². The third-order valence-corrected chi connectivity index (χ3v) is 7.69. The van der Waals surface area contributed by atoms with Crippen molar-refractivity contribution in [2.24, 2.45) is 0 Å². The predicted molar refractivity (Wildman–Crippen MR) is 174 cm³/mol. The van der Waals surface area contributed by atoms with Gasteiger partial charge in [0.25, 0.3) is 6.21 Å². The monoisotopic (exact) mass is 528 g/mol. The normalized spacial score (nSPS) is 13.9. The first kappa shape index (κ1) is 24.7. The van der Waals surface area contributed by atoms with Crippen molar-refractivity contribution in [1.82, 2.24) is 14.6 Å². The molecule has 7 rings (SSSR count). The van der Waals surface area contributed by atoms with E-state index in [4.69, 9.17) is 0 Å². The summed E-state index contributed by atoms with van der Waals surface area (Å²) in [6.07, 6.45) is 16.6. The molecule has 2 aliphatic rings. The maximum atomic E-state index is 4.53. The Balaban J connectivity index is 1.37. The molecule has 2 aliphatic heterocycles. The second kappa shape index (κ2) is 10.7. The van der Waals surface area contributed by atoms with Gasteiger partial charge in [-0.1, -0.05) is 65.4 Å². The number of allylic oxidation sites excluding steroid dienone is 4. The Hall–Kier alpha value is -5.37. The molecule has 0 radical (unpaired) electrons. The number of benzene rings is 4. The number of hydrogen-bond acceptors (Lipinski definition) is 1. The van der Waals surface area contributed by atoms with Crippen LogP contribution in [0.5, 0.6) is 0 Å². The first-order valence-electron chi connectivity index (χ1n) is 14.0. The molecule has 4 aromatic carbocycles. The van der Waals surface area contributed by atoms with E-state index in [9.17, 15) is 0 Å². The van der Waals surface area contributed by atoms with Crippen LogP contribution in [0.15, 0.2) is 140 Å². The minimum absolute atomic E-state index is 0.940. The summed E-state index contributed by atoms with van der Waals surface area (Å²) >= 11 is 0. The molecule has 3 heterocycles. The molecule has 3 heteroatoms. The molecule has 0 amide bonds. The number of H-pyrrole nitrogens is 1. The zero-order valence-corrected chi connectivity index (χ0v) is 23.0. The lowest BCUT2D eigenvalue weighted by Crippen LogP contribution is -2.13. The molecule has 1 N–H and O–H groups in total. The lowest BCUT2D eigenvalue weighted by Gasteiger charge is -2.18. The molecule has 41 heavy (non-hydrogen) atoms. The van der Waals surface area contributed by atoms with Gasteiger partial charge in [-0.15, -0.1) is 0 Å². The second-order valence-corrected chi connectivity index (χ2v) is 10.6. The summed E-state index contributed by atoms with van der Waals surface area (Å²) in [6.45, 7) is 0.940. The van der Waals surface area contributed by atoms with Gasteiger partial charge in [-0.25, -0.2) is 0 Å². The summed E-state index contributed by atoms with van der Waals surface area (Å²) in [5.41, 5.74) is 14.1. The van der Waals surface area contributed by atoms with Crippen LogP contribution in [-0.2, 0) is 0 Å². The van der Waals surface area contributed by atoms with Crippen LogP contribution in [0.3, 0.4) is 0 Å². The van der Waals surface area contributed by atoms with E-state index >= 15 is 0 Å². The van der Waals surface area contributed by atoms with Crippen LogP contribution in [-0.4, -0.2) is 35.4 Å². The lowest BCUT2D eigenvalue weighted by molar-refractivity contribution is 0.507. The SMILES string of the molecule is CN1C=C(c2cccc(-c3cc(-c4cccc(C5=[N+]=CC=C5)c4)cc(-c4cccc(-c5cc[nH]c5)c4)c3)c2)C=CC1. The van der Waals surface area contributed by atoms with E-state index in [1.54, 1.807) is 0 Å². The first-order chi connectivity index (χ1) is 20.2. The molecule has 0 fully saturated rings.